The Morgan fingerprint density at radius 1 is 1.56 bits per heavy atom. The summed E-state index contributed by atoms with van der Waals surface area (Å²) in [7, 11) is 0. The first-order valence-corrected chi connectivity index (χ1v) is 5.24. The van der Waals surface area contributed by atoms with Crippen molar-refractivity contribution < 1.29 is 14.3 Å². The van der Waals surface area contributed by atoms with Gasteiger partial charge in [-0.05, 0) is 27.2 Å². The molecule has 1 atom stereocenters. The van der Waals surface area contributed by atoms with E-state index in [4.69, 9.17) is 10.00 Å². The van der Waals surface area contributed by atoms with Crippen molar-refractivity contribution in [1.29, 1.82) is 5.26 Å². The van der Waals surface area contributed by atoms with E-state index in [0.717, 1.165) is 0 Å². The third kappa shape index (κ3) is 3.23. The number of nitrogens with zero attached hydrogens (tertiary/aromatic N) is 2. The minimum absolute atomic E-state index is 0.0207. The molecule has 0 saturated carbocycles. The first-order chi connectivity index (χ1) is 7.33. The molecule has 0 unspecified atom stereocenters. The van der Waals surface area contributed by atoms with Gasteiger partial charge in [-0.25, -0.2) is 4.79 Å². The number of hydrogen-bond donors (Lipinski definition) is 0. The highest BCUT2D eigenvalue weighted by Gasteiger charge is 2.31. The Labute approximate surface area is 95.0 Å². The monoisotopic (exact) mass is 224 g/mol. The van der Waals surface area contributed by atoms with Crippen LogP contribution in [-0.2, 0) is 9.53 Å². The van der Waals surface area contributed by atoms with Gasteiger partial charge >= 0.3 is 6.09 Å². The average Bonchev–Trinajstić information content (AvgIpc) is 2.15. The van der Waals surface area contributed by atoms with Crippen molar-refractivity contribution in [1.82, 2.24) is 4.90 Å². The third-order valence-electron chi connectivity index (χ3n) is 2.23. The lowest BCUT2D eigenvalue weighted by Gasteiger charge is -2.30. The highest BCUT2D eigenvalue weighted by Crippen LogP contribution is 2.16. The first kappa shape index (κ1) is 12.5. The molecule has 1 aliphatic heterocycles. The molecule has 1 amide bonds. The number of rotatable bonds is 0. The maximum atomic E-state index is 11.6. The van der Waals surface area contributed by atoms with Gasteiger partial charge in [0.2, 0.25) is 0 Å². The molecular weight excluding hydrogens is 208 g/mol. The van der Waals surface area contributed by atoms with E-state index in [1.807, 2.05) is 6.07 Å². The summed E-state index contributed by atoms with van der Waals surface area (Å²) in [5, 5.41) is 8.67. The van der Waals surface area contributed by atoms with Gasteiger partial charge in [0.05, 0.1) is 12.6 Å². The molecule has 1 saturated heterocycles. The number of ether oxygens (including phenoxy) is 1. The van der Waals surface area contributed by atoms with Crippen molar-refractivity contribution in [2.24, 2.45) is 5.92 Å². The lowest BCUT2D eigenvalue weighted by molar-refractivity contribution is -0.124. The summed E-state index contributed by atoms with van der Waals surface area (Å²) >= 11 is 0. The van der Waals surface area contributed by atoms with E-state index in [2.05, 4.69) is 0 Å². The molecule has 5 nitrogen and oxygen atoms in total. The Balaban J connectivity index is 2.56. The van der Waals surface area contributed by atoms with Crippen LogP contribution in [0, 0.1) is 17.2 Å². The second-order valence-electron chi connectivity index (χ2n) is 4.84. The molecule has 0 spiro atoms. The highest BCUT2D eigenvalue weighted by molar-refractivity contribution is 5.88. The molecule has 0 radical (unpaired) electrons. The molecule has 0 aromatic carbocycles. The van der Waals surface area contributed by atoms with Crippen molar-refractivity contribution in [2.45, 2.75) is 32.8 Å². The molecular formula is C11H16N2O3. The summed E-state index contributed by atoms with van der Waals surface area (Å²) in [5.74, 6) is -0.779. The number of carbonyl (C=O) groups excluding carboxylic acids is 2. The minimum Gasteiger partial charge on any atom is -0.444 e. The van der Waals surface area contributed by atoms with Crippen LogP contribution in [0.4, 0.5) is 4.79 Å². The quantitative estimate of drug-likeness (QED) is 0.622. The van der Waals surface area contributed by atoms with Crippen LogP contribution in [0.5, 0.6) is 0 Å². The third-order valence-corrected chi connectivity index (χ3v) is 2.23. The Morgan fingerprint density at radius 2 is 2.19 bits per heavy atom. The van der Waals surface area contributed by atoms with E-state index >= 15 is 0 Å². The Morgan fingerprint density at radius 3 is 2.62 bits per heavy atom. The van der Waals surface area contributed by atoms with Crippen LogP contribution in [0.3, 0.4) is 0 Å². The molecule has 0 aliphatic carbocycles. The maximum absolute atomic E-state index is 11.6. The summed E-state index contributed by atoms with van der Waals surface area (Å²) < 4.78 is 5.15. The van der Waals surface area contributed by atoms with Crippen molar-refractivity contribution in [3.8, 4) is 6.07 Å². The zero-order valence-electron chi connectivity index (χ0n) is 9.82. The number of piperidine rings is 1. The number of nitriles is 1. The molecule has 0 N–H and O–H groups in total. The molecule has 88 valence electrons. The van der Waals surface area contributed by atoms with Gasteiger partial charge in [-0.1, -0.05) is 0 Å². The molecule has 1 aliphatic rings. The van der Waals surface area contributed by atoms with Gasteiger partial charge in [-0.3, -0.25) is 4.79 Å². The largest absolute Gasteiger partial charge is 0.444 e. The Bertz CT molecular complexity index is 338. The number of ketones is 1. The van der Waals surface area contributed by atoms with Gasteiger partial charge < -0.3 is 9.64 Å². The number of Topliss-reactive ketones (excluding diaryl/α,β-unsaturated/α-hetero) is 1. The van der Waals surface area contributed by atoms with Crippen molar-refractivity contribution in [2.75, 3.05) is 13.1 Å². The van der Waals surface area contributed by atoms with Crippen LogP contribution in [0.15, 0.2) is 0 Å². The lowest BCUT2D eigenvalue weighted by Crippen LogP contribution is -2.45. The molecule has 1 heterocycles. The number of hydrogen-bond acceptors (Lipinski definition) is 4. The topological polar surface area (TPSA) is 70.4 Å². The van der Waals surface area contributed by atoms with Gasteiger partial charge in [0.1, 0.15) is 11.5 Å². The van der Waals surface area contributed by atoms with E-state index in [9.17, 15) is 9.59 Å². The molecule has 1 rings (SSSR count). The molecule has 16 heavy (non-hydrogen) atoms. The van der Waals surface area contributed by atoms with Crippen LogP contribution in [-0.4, -0.2) is 35.5 Å². The zero-order valence-corrected chi connectivity index (χ0v) is 9.82. The number of likely N-dealkylation sites (tertiary alicyclic amines) is 1. The summed E-state index contributed by atoms with van der Waals surface area (Å²) in [6.07, 6.45) is -0.0913. The summed E-state index contributed by atoms with van der Waals surface area (Å²) in [6.45, 7) is 5.70. The van der Waals surface area contributed by atoms with Crippen LogP contribution >= 0.6 is 0 Å². The van der Waals surface area contributed by atoms with E-state index < -0.39 is 17.6 Å². The van der Waals surface area contributed by atoms with Crippen LogP contribution < -0.4 is 0 Å². The van der Waals surface area contributed by atoms with Gasteiger partial charge in [-0.2, -0.15) is 5.26 Å². The van der Waals surface area contributed by atoms with E-state index in [1.165, 1.54) is 4.90 Å². The van der Waals surface area contributed by atoms with Crippen LogP contribution in [0.25, 0.3) is 0 Å². The zero-order chi connectivity index (χ0) is 12.3. The molecule has 0 aromatic rings. The SMILES string of the molecule is CC(C)(C)OC(=O)N1CC[C@H](C#N)C(=O)C1. The van der Waals surface area contributed by atoms with Crippen molar-refractivity contribution in [3.05, 3.63) is 0 Å². The Hall–Kier alpha value is -1.57. The second-order valence-corrected chi connectivity index (χ2v) is 4.84. The van der Waals surface area contributed by atoms with Gasteiger partial charge in [0.15, 0.2) is 5.78 Å². The van der Waals surface area contributed by atoms with Crippen LogP contribution in [0.2, 0.25) is 0 Å². The molecule has 1 fully saturated rings. The van der Waals surface area contributed by atoms with Gasteiger partial charge in [-0.15, -0.1) is 0 Å². The smallest absolute Gasteiger partial charge is 0.410 e. The van der Waals surface area contributed by atoms with Crippen molar-refractivity contribution in [3.63, 3.8) is 0 Å². The highest BCUT2D eigenvalue weighted by atomic mass is 16.6. The fourth-order valence-corrected chi connectivity index (χ4v) is 1.44. The normalized spacial score (nSPS) is 21.5. The number of carbonyl (C=O) groups is 2. The first-order valence-electron chi connectivity index (χ1n) is 5.24. The summed E-state index contributed by atoms with van der Waals surface area (Å²) in [6, 6.07) is 1.93. The Kier molecular flexibility index (Phi) is 3.53. The predicted molar refractivity (Wildman–Crippen MR) is 56.5 cm³/mol. The molecule has 5 heteroatoms. The van der Waals surface area contributed by atoms with Crippen LogP contribution in [0.1, 0.15) is 27.2 Å². The molecule has 0 aromatic heterocycles. The second kappa shape index (κ2) is 4.52. The number of amides is 1. The van der Waals surface area contributed by atoms with E-state index in [-0.39, 0.29) is 12.3 Å². The fourth-order valence-electron chi connectivity index (χ4n) is 1.44. The van der Waals surface area contributed by atoms with Gasteiger partial charge in [0, 0.05) is 6.54 Å². The minimum atomic E-state index is -0.571. The summed E-state index contributed by atoms with van der Waals surface area (Å²) in [5.41, 5.74) is -0.563. The standard InChI is InChI=1S/C11H16N2O3/c1-11(2,3)16-10(15)13-5-4-8(6-12)9(14)7-13/h8H,4-5,7H2,1-3H3/t8-/m1/s1. The maximum Gasteiger partial charge on any atom is 0.410 e. The molecule has 0 bridgehead atoms. The summed E-state index contributed by atoms with van der Waals surface area (Å²) in [4.78, 5) is 24.4. The lowest BCUT2D eigenvalue weighted by atomic mass is 9.97. The average molecular weight is 224 g/mol. The van der Waals surface area contributed by atoms with E-state index in [1.54, 1.807) is 20.8 Å². The van der Waals surface area contributed by atoms with Gasteiger partial charge in [0.25, 0.3) is 0 Å². The van der Waals surface area contributed by atoms with E-state index in [0.29, 0.717) is 13.0 Å². The fraction of sp³-hybridized carbons (Fsp3) is 0.727. The van der Waals surface area contributed by atoms with Crippen molar-refractivity contribution >= 4 is 11.9 Å². The predicted octanol–water partition coefficient (Wildman–Crippen LogP) is 1.34.